The van der Waals surface area contributed by atoms with E-state index < -0.39 is 0 Å². The average Bonchev–Trinajstić information content (AvgIpc) is 2.49. The number of hydrogen-bond acceptors (Lipinski definition) is 4. The summed E-state index contributed by atoms with van der Waals surface area (Å²) < 4.78 is 0. The van der Waals surface area contributed by atoms with E-state index in [1.54, 1.807) is 6.33 Å². The van der Waals surface area contributed by atoms with E-state index in [-0.39, 0.29) is 0 Å². The summed E-state index contributed by atoms with van der Waals surface area (Å²) in [6, 6.07) is 8.23. The molecule has 0 atom stereocenters. The van der Waals surface area contributed by atoms with Crippen LogP contribution in [0.2, 0.25) is 0 Å². The first kappa shape index (κ1) is 12.5. The van der Waals surface area contributed by atoms with Crippen molar-refractivity contribution in [2.45, 2.75) is 13.8 Å². The van der Waals surface area contributed by atoms with E-state index in [9.17, 15) is 0 Å². The molecule has 0 fully saturated rings. The molecule has 2 heterocycles. The van der Waals surface area contributed by atoms with Gasteiger partial charge in [0.15, 0.2) is 0 Å². The summed E-state index contributed by atoms with van der Waals surface area (Å²) in [6.45, 7) is 4.94. The van der Waals surface area contributed by atoms with E-state index in [0.717, 1.165) is 34.6 Å². The molecule has 1 N–H and O–H groups in total. The Kier molecular flexibility index (Phi) is 3.29. The van der Waals surface area contributed by atoms with E-state index in [1.807, 2.05) is 31.5 Å². The Labute approximate surface area is 117 Å². The Balaban J connectivity index is 2.23. The molecule has 0 aliphatic rings. The van der Waals surface area contributed by atoms with E-state index in [2.05, 4.69) is 39.3 Å². The molecule has 2 aromatic heterocycles. The summed E-state index contributed by atoms with van der Waals surface area (Å²) in [5, 5.41) is 5.54. The first-order chi connectivity index (χ1) is 9.81. The SMILES string of the molecule is CCNc1ncnc(-c2cccc3ccncc23)c1C. The minimum absolute atomic E-state index is 0.842. The number of pyridine rings is 1. The van der Waals surface area contributed by atoms with Gasteiger partial charge in [-0.05, 0) is 25.3 Å². The van der Waals surface area contributed by atoms with Gasteiger partial charge in [-0.15, -0.1) is 0 Å². The molecular weight excluding hydrogens is 248 g/mol. The Morgan fingerprint density at radius 3 is 2.90 bits per heavy atom. The lowest BCUT2D eigenvalue weighted by Crippen LogP contribution is -2.03. The van der Waals surface area contributed by atoms with Gasteiger partial charge in [0.25, 0.3) is 0 Å². The molecule has 0 saturated carbocycles. The maximum atomic E-state index is 4.46. The molecule has 0 aliphatic carbocycles. The van der Waals surface area contributed by atoms with Crippen LogP contribution in [0.5, 0.6) is 0 Å². The van der Waals surface area contributed by atoms with Crippen LogP contribution in [0.3, 0.4) is 0 Å². The third kappa shape index (κ3) is 2.09. The van der Waals surface area contributed by atoms with Gasteiger partial charge >= 0.3 is 0 Å². The first-order valence-electron chi connectivity index (χ1n) is 6.70. The fraction of sp³-hybridized carbons (Fsp3) is 0.188. The second-order valence-electron chi connectivity index (χ2n) is 4.63. The van der Waals surface area contributed by atoms with Crippen molar-refractivity contribution in [2.24, 2.45) is 0 Å². The van der Waals surface area contributed by atoms with Crippen molar-refractivity contribution in [1.82, 2.24) is 15.0 Å². The minimum atomic E-state index is 0.842. The molecule has 0 unspecified atom stereocenters. The maximum Gasteiger partial charge on any atom is 0.132 e. The monoisotopic (exact) mass is 264 g/mol. The molecule has 0 radical (unpaired) electrons. The Hall–Kier alpha value is -2.49. The Bertz CT molecular complexity index is 747. The van der Waals surface area contributed by atoms with Gasteiger partial charge < -0.3 is 5.32 Å². The van der Waals surface area contributed by atoms with Gasteiger partial charge in [-0.2, -0.15) is 0 Å². The number of benzene rings is 1. The Morgan fingerprint density at radius 1 is 1.15 bits per heavy atom. The fourth-order valence-corrected chi connectivity index (χ4v) is 2.39. The molecule has 4 nitrogen and oxygen atoms in total. The zero-order valence-corrected chi connectivity index (χ0v) is 11.6. The second kappa shape index (κ2) is 5.25. The smallest absolute Gasteiger partial charge is 0.132 e. The highest BCUT2D eigenvalue weighted by Crippen LogP contribution is 2.30. The number of nitrogens with one attached hydrogen (secondary N) is 1. The van der Waals surface area contributed by atoms with Crippen LogP contribution in [-0.2, 0) is 0 Å². The van der Waals surface area contributed by atoms with Crippen LogP contribution in [0, 0.1) is 6.92 Å². The van der Waals surface area contributed by atoms with Crippen molar-refractivity contribution in [3.63, 3.8) is 0 Å². The van der Waals surface area contributed by atoms with Crippen LogP contribution in [-0.4, -0.2) is 21.5 Å². The average molecular weight is 264 g/mol. The quantitative estimate of drug-likeness (QED) is 0.787. The minimum Gasteiger partial charge on any atom is -0.370 e. The maximum absolute atomic E-state index is 4.46. The summed E-state index contributed by atoms with van der Waals surface area (Å²) >= 11 is 0. The van der Waals surface area contributed by atoms with Gasteiger partial charge in [-0.25, -0.2) is 9.97 Å². The zero-order chi connectivity index (χ0) is 13.9. The molecule has 1 aromatic carbocycles. The highest BCUT2D eigenvalue weighted by Gasteiger charge is 2.11. The lowest BCUT2D eigenvalue weighted by Gasteiger charge is -2.12. The molecule has 0 bridgehead atoms. The number of nitrogens with zero attached hydrogens (tertiary/aromatic N) is 3. The lowest BCUT2D eigenvalue weighted by molar-refractivity contribution is 1.09. The van der Waals surface area contributed by atoms with Crippen LogP contribution in [0.4, 0.5) is 5.82 Å². The molecule has 0 aliphatic heterocycles. The van der Waals surface area contributed by atoms with Crippen LogP contribution >= 0.6 is 0 Å². The van der Waals surface area contributed by atoms with Crippen molar-refractivity contribution in [3.8, 4) is 11.3 Å². The summed E-state index contributed by atoms with van der Waals surface area (Å²) in [7, 11) is 0. The zero-order valence-electron chi connectivity index (χ0n) is 11.6. The molecular formula is C16H16N4. The molecule has 4 heteroatoms. The third-order valence-corrected chi connectivity index (χ3v) is 3.37. The topological polar surface area (TPSA) is 50.7 Å². The Morgan fingerprint density at radius 2 is 2.05 bits per heavy atom. The van der Waals surface area contributed by atoms with Crippen molar-refractivity contribution < 1.29 is 0 Å². The molecule has 0 amide bonds. The van der Waals surface area contributed by atoms with Crippen LogP contribution in [0.15, 0.2) is 43.0 Å². The predicted octanol–water partition coefficient (Wildman–Crippen LogP) is 3.43. The number of hydrogen-bond donors (Lipinski definition) is 1. The van der Waals surface area contributed by atoms with Gasteiger partial charge in [-0.1, -0.05) is 18.2 Å². The van der Waals surface area contributed by atoms with Crippen LogP contribution < -0.4 is 5.32 Å². The van der Waals surface area contributed by atoms with Gasteiger partial charge in [0, 0.05) is 35.5 Å². The van der Waals surface area contributed by atoms with Crippen LogP contribution in [0.1, 0.15) is 12.5 Å². The van der Waals surface area contributed by atoms with E-state index in [1.165, 1.54) is 5.39 Å². The summed E-state index contributed by atoms with van der Waals surface area (Å²) in [4.78, 5) is 13.0. The summed E-state index contributed by atoms with van der Waals surface area (Å²) in [5.74, 6) is 0.887. The highest BCUT2D eigenvalue weighted by atomic mass is 15.0. The molecule has 3 rings (SSSR count). The third-order valence-electron chi connectivity index (χ3n) is 3.37. The highest BCUT2D eigenvalue weighted by molar-refractivity contribution is 5.96. The van der Waals surface area contributed by atoms with Crippen LogP contribution in [0.25, 0.3) is 22.0 Å². The lowest BCUT2D eigenvalue weighted by atomic mass is 10.0. The van der Waals surface area contributed by atoms with Crippen molar-refractivity contribution in [1.29, 1.82) is 0 Å². The molecule has 100 valence electrons. The first-order valence-corrected chi connectivity index (χ1v) is 6.70. The van der Waals surface area contributed by atoms with Crippen molar-refractivity contribution >= 4 is 16.6 Å². The van der Waals surface area contributed by atoms with Gasteiger partial charge in [-0.3, -0.25) is 4.98 Å². The van der Waals surface area contributed by atoms with Crippen molar-refractivity contribution in [2.75, 3.05) is 11.9 Å². The normalized spacial score (nSPS) is 10.7. The summed E-state index contributed by atoms with van der Waals surface area (Å²) in [5.41, 5.74) is 3.11. The van der Waals surface area contributed by atoms with E-state index >= 15 is 0 Å². The fourth-order valence-electron chi connectivity index (χ4n) is 2.39. The van der Waals surface area contributed by atoms with Crippen molar-refractivity contribution in [3.05, 3.63) is 48.5 Å². The molecule has 0 saturated heterocycles. The molecule has 0 spiro atoms. The molecule has 3 aromatic rings. The number of anilines is 1. The van der Waals surface area contributed by atoms with E-state index in [4.69, 9.17) is 0 Å². The predicted molar refractivity (Wildman–Crippen MR) is 81.7 cm³/mol. The number of fused-ring (bicyclic) bond motifs is 1. The standard InChI is InChI=1S/C16H16N4/c1-3-18-16-11(2)15(19-10-20-16)13-6-4-5-12-7-8-17-9-14(12)13/h4-10H,3H2,1-2H3,(H,18,19,20). The van der Waals surface area contributed by atoms with Gasteiger partial charge in [0.2, 0.25) is 0 Å². The number of aromatic nitrogens is 3. The van der Waals surface area contributed by atoms with Gasteiger partial charge in [0.05, 0.1) is 5.69 Å². The molecule has 20 heavy (non-hydrogen) atoms. The number of rotatable bonds is 3. The largest absolute Gasteiger partial charge is 0.370 e. The van der Waals surface area contributed by atoms with Gasteiger partial charge in [0.1, 0.15) is 12.1 Å². The second-order valence-corrected chi connectivity index (χ2v) is 4.63. The van der Waals surface area contributed by atoms with E-state index in [0.29, 0.717) is 0 Å². The summed E-state index contributed by atoms with van der Waals surface area (Å²) in [6.07, 6.45) is 5.30.